The molecule has 0 aliphatic carbocycles. The Morgan fingerprint density at radius 2 is 2.03 bits per heavy atom. The summed E-state index contributed by atoms with van der Waals surface area (Å²) in [7, 11) is 1.77. The number of rotatable bonds is 8. The highest BCUT2D eigenvalue weighted by Gasteiger charge is 2.21. The van der Waals surface area contributed by atoms with Crippen LogP contribution in [0.15, 0.2) is 41.4 Å². The zero-order valence-corrected chi connectivity index (χ0v) is 17.5. The first-order valence-electron chi connectivity index (χ1n) is 10.3. The van der Waals surface area contributed by atoms with Gasteiger partial charge in [-0.1, -0.05) is 12.1 Å². The molecule has 0 radical (unpaired) electrons. The molecule has 1 aliphatic heterocycles. The summed E-state index contributed by atoms with van der Waals surface area (Å²) < 4.78 is 11.7. The van der Waals surface area contributed by atoms with Gasteiger partial charge in [0.2, 0.25) is 0 Å². The number of hydrogen-bond acceptors (Lipinski definition) is 4. The van der Waals surface area contributed by atoms with Crippen LogP contribution in [0.5, 0.6) is 17.2 Å². The molecule has 1 aliphatic rings. The fourth-order valence-electron chi connectivity index (χ4n) is 3.47. The number of aromatic hydroxyl groups is 1. The van der Waals surface area contributed by atoms with Gasteiger partial charge in [-0.25, -0.2) is 0 Å². The van der Waals surface area contributed by atoms with Crippen molar-refractivity contribution in [1.82, 2.24) is 10.6 Å². The van der Waals surface area contributed by atoms with E-state index in [2.05, 4.69) is 34.7 Å². The number of phenols is 1. The maximum atomic E-state index is 9.35. The summed E-state index contributed by atoms with van der Waals surface area (Å²) in [5.74, 6) is 2.91. The van der Waals surface area contributed by atoms with E-state index in [1.807, 2.05) is 19.1 Å². The molecular weight excluding hydrogens is 366 g/mol. The number of aryl methyl sites for hydroxylation is 1. The predicted octanol–water partition coefficient (Wildman–Crippen LogP) is 3.41. The van der Waals surface area contributed by atoms with Gasteiger partial charge in [0.1, 0.15) is 23.4 Å². The second-order valence-electron chi connectivity index (χ2n) is 7.26. The minimum absolute atomic E-state index is 0.214. The van der Waals surface area contributed by atoms with E-state index in [-0.39, 0.29) is 6.10 Å². The van der Waals surface area contributed by atoms with E-state index < -0.39 is 0 Å². The number of nitrogens with zero attached hydrogens (tertiary/aromatic N) is 1. The third kappa shape index (κ3) is 5.79. The van der Waals surface area contributed by atoms with Gasteiger partial charge in [-0.2, -0.15) is 0 Å². The molecule has 0 bridgehead atoms. The fraction of sp³-hybridized carbons (Fsp3) is 0.435. The summed E-state index contributed by atoms with van der Waals surface area (Å²) in [4.78, 5) is 4.31. The van der Waals surface area contributed by atoms with Crippen molar-refractivity contribution in [3.05, 3.63) is 53.1 Å². The third-order valence-corrected chi connectivity index (χ3v) is 4.92. The molecule has 3 rings (SSSR count). The van der Waals surface area contributed by atoms with E-state index in [4.69, 9.17) is 9.47 Å². The standard InChI is InChI=1S/C23H31N3O3/c1-4-28-21-13-18-12-16(2)29-22(18)14-19(21)15-26-23(24-3)25-11-5-6-17-7-9-20(27)10-8-17/h7-10,13-14,16,27H,4-6,11-12,15H2,1-3H3,(H2,24,25,26). The Kier molecular flexibility index (Phi) is 7.22. The highest BCUT2D eigenvalue weighted by molar-refractivity contribution is 5.79. The normalized spacial score (nSPS) is 15.6. The molecule has 0 aromatic heterocycles. The summed E-state index contributed by atoms with van der Waals surface area (Å²) >= 11 is 0. The Labute approximate surface area is 173 Å². The molecule has 1 unspecified atom stereocenters. The Balaban J connectivity index is 1.51. The van der Waals surface area contributed by atoms with Crippen molar-refractivity contribution >= 4 is 5.96 Å². The maximum absolute atomic E-state index is 9.35. The predicted molar refractivity (Wildman–Crippen MR) is 116 cm³/mol. The van der Waals surface area contributed by atoms with E-state index >= 15 is 0 Å². The SMILES string of the molecule is CCOc1cc2c(cc1CNC(=NC)NCCCc1ccc(O)cc1)OC(C)C2. The van der Waals surface area contributed by atoms with Gasteiger partial charge in [0.25, 0.3) is 0 Å². The molecule has 0 fully saturated rings. The van der Waals surface area contributed by atoms with Crippen molar-refractivity contribution in [1.29, 1.82) is 0 Å². The van der Waals surface area contributed by atoms with E-state index in [9.17, 15) is 5.11 Å². The summed E-state index contributed by atoms with van der Waals surface area (Å²) in [6, 6.07) is 11.5. The monoisotopic (exact) mass is 397 g/mol. The van der Waals surface area contributed by atoms with Gasteiger partial charge in [-0.15, -0.1) is 0 Å². The molecule has 2 aromatic carbocycles. The summed E-state index contributed by atoms with van der Waals surface area (Å²) in [5, 5.41) is 16.1. The lowest BCUT2D eigenvalue weighted by molar-refractivity contribution is 0.254. The molecule has 0 spiro atoms. The first kappa shape index (κ1) is 20.8. The van der Waals surface area contributed by atoms with Crippen LogP contribution in [0.1, 0.15) is 37.0 Å². The number of aliphatic imine (C=N–C) groups is 1. The number of fused-ring (bicyclic) bond motifs is 1. The molecule has 29 heavy (non-hydrogen) atoms. The quantitative estimate of drug-likeness (QED) is 0.362. The van der Waals surface area contributed by atoms with Gasteiger partial charge < -0.3 is 25.2 Å². The van der Waals surface area contributed by atoms with Crippen molar-refractivity contribution in [2.45, 2.75) is 45.8 Å². The van der Waals surface area contributed by atoms with Crippen molar-refractivity contribution in [2.24, 2.45) is 4.99 Å². The van der Waals surface area contributed by atoms with Gasteiger partial charge in [0.05, 0.1) is 6.61 Å². The van der Waals surface area contributed by atoms with Crippen LogP contribution < -0.4 is 20.1 Å². The first-order chi connectivity index (χ1) is 14.1. The number of nitrogens with one attached hydrogen (secondary N) is 2. The lowest BCUT2D eigenvalue weighted by Gasteiger charge is -2.15. The van der Waals surface area contributed by atoms with Crippen molar-refractivity contribution in [2.75, 3.05) is 20.2 Å². The van der Waals surface area contributed by atoms with Gasteiger partial charge in [0.15, 0.2) is 5.96 Å². The Bertz CT molecular complexity index is 834. The Hall–Kier alpha value is -2.89. The van der Waals surface area contributed by atoms with Crippen LogP contribution in [-0.4, -0.2) is 37.4 Å². The lowest BCUT2D eigenvalue weighted by atomic mass is 10.1. The third-order valence-electron chi connectivity index (χ3n) is 4.92. The maximum Gasteiger partial charge on any atom is 0.191 e. The average Bonchev–Trinajstić information content (AvgIpc) is 3.07. The molecular formula is C23H31N3O3. The summed E-state index contributed by atoms with van der Waals surface area (Å²) in [6.45, 7) is 6.13. The van der Waals surface area contributed by atoms with Crippen LogP contribution in [0.25, 0.3) is 0 Å². The van der Waals surface area contributed by atoms with Crippen LogP contribution in [-0.2, 0) is 19.4 Å². The largest absolute Gasteiger partial charge is 0.508 e. The van der Waals surface area contributed by atoms with Crippen molar-refractivity contribution < 1.29 is 14.6 Å². The molecule has 6 nitrogen and oxygen atoms in total. The number of hydrogen-bond donors (Lipinski definition) is 3. The summed E-state index contributed by atoms with van der Waals surface area (Å²) in [6.07, 6.45) is 3.05. The Morgan fingerprint density at radius 1 is 1.24 bits per heavy atom. The van der Waals surface area contributed by atoms with Crippen LogP contribution in [0.2, 0.25) is 0 Å². The zero-order chi connectivity index (χ0) is 20.6. The van der Waals surface area contributed by atoms with Crippen molar-refractivity contribution in [3.8, 4) is 17.2 Å². The van der Waals surface area contributed by atoms with E-state index in [0.717, 1.165) is 48.8 Å². The van der Waals surface area contributed by atoms with Gasteiger partial charge >= 0.3 is 0 Å². The summed E-state index contributed by atoms with van der Waals surface area (Å²) in [5.41, 5.74) is 3.48. The molecule has 0 saturated carbocycles. The lowest BCUT2D eigenvalue weighted by Crippen LogP contribution is -2.37. The topological polar surface area (TPSA) is 75.1 Å². The first-order valence-corrected chi connectivity index (χ1v) is 10.3. The number of benzene rings is 2. The average molecular weight is 398 g/mol. The molecule has 2 aromatic rings. The highest BCUT2D eigenvalue weighted by atomic mass is 16.5. The van der Waals surface area contributed by atoms with Crippen LogP contribution in [0, 0.1) is 0 Å². The van der Waals surface area contributed by atoms with Gasteiger partial charge in [-0.3, -0.25) is 4.99 Å². The smallest absolute Gasteiger partial charge is 0.191 e. The molecule has 3 N–H and O–H groups in total. The number of ether oxygens (including phenoxy) is 2. The molecule has 1 atom stereocenters. The van der Waals surface area contributed by atoms with Crippen LogP contribution in [0.3, 0.4) is 0 Å². The van der Waals surface area contributed by atoms with Crippen LogP contribution >= 0.6 is 0 Å². The molecule has 156 valence electrons. The van der Waals surface area contributed by atoms with Crippen LogP contribution in [0.4, 0.5) is 0 Å². The van der Waals surface area contributed by atoms with E-state index in [1.165, 1.54) is 11.1 Å². The number of phenolic OH excluding ortho intramolecular Hbond substituents is 1. The van der Waals surface area contributed by atoms with E-state index in [1.54, 1.807) is 19.2 Å². The highest BCUT2D eigenvalue weighted by Crippen LogP contribution is 2.35. The van der Waals surface area contributed by atoms with Gasteiger partial charge in [0, 0.05) is 37.7 Å². The number of guanidine groups is 1. The van der Waals surface area contributed by atoms with E-state index in [0.29, 0.717) is 18.9 Å². The minimum Gasteiger partial charge on any atom is -0.508 e. The molecule has 0 amide bonds. The second kappa shape index (κ2) is 10.0. The minimum atomic E-state index is 0.214. The molecule has 1 heterocycles. The van der Waals surface area contributed by atoms with Crippen molar-refractivity contribution in [3.63, 3.8) is 0 Å². The zero-order valence-electron chi connectivity index (χ0n) is 17.5. The molecule has 0 saturated heterocycles. The van der Waals surface area contributed by atoms with Gasteiger partial charge in [-0.05, 0) is 56.5 Å². The second-order valence-corrected chi connectivity index (χ2v) is 7.26. The Morgan fingerprint density at radius 3 is 2.76 bits per heavy atom. The fourth-order valence-corrected chi connectivity index (χ4v) is 3.47. The molecule has 6 heteroatoms.